The average molecular weight is 462 g/mol. The van der Waals surface area contributed by atoms with Crippen LogP contribution in [0.15, 0.2) is 48.8 Å². The molecule has 1 aromatic carbocycles. The summed E-state index contributed by atoms with van der Waals surface area (Å²) in [7, 11) is 0. The molecule has 3 heterocycles. The molecule has 4 rings (SSSR count). The number of carbonyl (C=O) groups excluding carboxylic acids is 1. The number of hydrogen-bond acceptors (Lipinski definition) is 5. The molecule has 0 saturated carbocycles. The molecule has 0 saturated heterocycles. The van der Waals surface area contributed by atoms with Crippen LogP contribution in [0.2, 0.25) is 5.02 Å². The summed E-state index contributed by atoms with van der Waals surface area (Å²) >= 11 is 6.27. The molecule has 0 spiro atoms. The van der Waals surface area contributed by atoms with Crippen molar-refractivity contribution in [1.82, 2.24) is 25.3 Å². The van der Waals surface area contributed by atoms with Crippen molar-refractivity contribution in [1.29, 1.82) is 0 Å². The molecule has 0 fully saturated rings. The monoisotopic (exact) mass is 461 g/mol. The van der Waals surface area contributed by atoms with Crippen LogP contribution in [0.1, 0.15) is 12.5 Å². The van der Waals surface area contributed by atoms with Crippen LogP contribution in [-0.2, 0) is 6.18 Å². The summed E-state index contributed by atoms with van der Waals surface area (Å²) in [4.78, 5) is 27.2. The van der Waals surface area contributed by atoms with Crippen molar-refractivity contribution in [2.75, 3.05) is 6.54 Å². The first-order valence-electron chi connectivity index (χ1n) is 9.39. The fourth-order valence-electron chi connectivity index (χ4n) is 2.96. The van der Waals surface area contributed by atoms with E-state index in [1.165, 1.54) is 24.5 Å². The highest BCUT2D eigenvalue weighted by molar-refractivity contribution is 6.33. The SMILES string of the molecule is CCNC(=O)Oc1cnc(-c2ccc(-c3nc4ccc(C(F)(F)F)cc4[nH]3)nc2)c(Cl)c1. The number of halogens is 4. The number of aromatic nitrogens is 4. The number of nitrogens with zero attached hydrogens (tertiary/aromatic N) is 3. The van der Waals surface area contributed by atoms with E-state index in [4.69, 9.17) is 16.3 Å². The van der Waals surface area contributed by atoms with Gasteiger partial charge in [0.15, 0.2) is 11.6 Å². The van der Waals surface area contributed by atoms with Gasteiger partial charge in [-0.05, 0) is 37.3 Å². The van der Waals surface area contributed by atoms with Gasteiger partial charge in [0.2, 0.25) is 0 Å². The zero-order valence-corrected chi connectivity index (χ0v) is 17.3. The van der Waals surface area contributed by atoms with E-state index >= 15 is 0 Å². The average Bonchev–Trinajstić information content (AvgIpc) is 3.17. The van der Waals surface area contributed by atoms with Gasteiger partial charge in [0.05, 0.1) is 33.5 Å². The number of pyridine rings is 2. The first kappa shape index (κ1) is 21.6. The smallest absolute Gasteiger partial charge is 0.409 e. The van der Waals surface area contributed by atoms with Crippen LogP contribution in [0.25, 0.3) is 33.8 Å². The Bertz CT molecular complexity index is 1290. The van der Waals surface area contributed by atoms with E-state index in [1.807, 2.05) is 0 Å². The lowest BCUT2D eigenvalue weighted by Gasteiger charge is -2.08. The van der Waals surface area contributed by atoms with Crippen molar-refractivity contribution >= 4 is 28.7 Å². The van der Waals surface area contributed by atoms with Crippen molar-refractivity contribution in [2.45, 2.75) is 13.1 Å². The van der Waals surface area contributed by atoms with Gasteiger partial charge in [0.1, 0.15) is 5.69 Å². The van der Waals surface area contributed by atoms with Gasteiger partial charge in [0, 0.05) is 24.4 Å². The summed E-state index contributed by atoms with van der Waals surface area (Å²) in [6.45, 7) is 2.18. The summed E-state index contributed by atoms with van der Waals surface area (Å²) in [6, 6.07) is 8.11. The minimum absolute atomic E-state index is 0.190. The third-order valence-corrected chi connectivity index (χ3v) is 4.72. The summed E-state index contributed by atoms with van der Waals surface area (Å²) in [5, 5.41) is 2.75. The van der Waals surface area contributed by atoms with Crippen LogP contribution in [0.4, 0.5) is 18.0 Å². The number of hydrogen-bond donors (Lipinski definition) is 2. The van der Waals surface area contributed by atoms with Crippen molar-refractivity contribution < 1.29 is 22.7 Å². The number of amides is 1. The van der Waals surface area contributed by atoms with Gasteiger partial charge in [-0.2, -0.15) is 13.2 Å². The molecule has 0 atom stereocenters. The Morgan fingerprint density at radius 3 is 2.62 bits per heavy atom. The molecule has 2 N–H and O–H groups in total. The molecule has 0 aliphatic carbocycles. The van der Waals surface area contributed by atoms with Crippen LogP contribution < -0.4 is 10.1 Å². The number of carbonyl (C=O) groups is 1. The Morgan fingerprint density at radius 2 is 1.97 bits per heavy atom. The fraction of sp³-hybridized carbons (Fsp3) is 0.143. The highest BCUT2D eigenvalue weighted by Crippen LogP contribution is 2.32. The van der Waals surface area contributed by atoms with E-state index in [-0.39, 0.29) is 16.3 Å². The van der Waals surface area contributed by atoms with Gasteiger partial charge in [0.25, 0.3) is 0 Å². The lowest BCUT2D eigenvalue weighted by atomic mass is 10.1. The maximum Gasteiger partial charge on any atom is 0.416 e. The number of nitrogens with one attached hydrogen (secondary N) is 2. The van der Waals surface area contributed by atoms with E-state index < -0.39 is 17.8 Å². The van der Waals surface area contributed by atoms with Crippen molar-refractivity contribution in [2.24, 2.45) is 0 Å². The number of imidazole rings is 1. The molecule has 0 bridgehead atoms. The Kier molecular flexibility index (Phi) is 5.70. The topological polar surface area (TPSA) is 92.8 Å². The molecule has 4 aromatic rings. The Morgan fingerprint density at radius 1 is 1.16 bits per heavy atom. The van der Waals surface area contributed by atoms with Crippen LogP contribution in [0.5, 0.6) is 5.75 Å². The molecule has 11 heteroatoms. The Balaban J connectivity index is 1.57. The molecule has 0 aliphatic rings. The number of ether oxygens (including phenoxy) is 1. The van der Waals surface area contributed by atoms with E-state index in [9.17, 15) is 18.0 Å². The molecule has 0 aliphatic heterocycles. The van der Waals surface area contributed by atoms with E-state index in [0.29, 0.717) is 34.8 Å². The van der Waals surface area contributed by atoms with Gasteiger partial charge in [-0.15, -0.1) is 0 Å². The first-order valence-corrected chi connectivity index (χ1v) is 9.77. The number of aromatic amines is 1. The zero-order valence-electron chi connectivity index (χ0n) is 16.5. The summed E-state index contributed by atoms with van der Waals surface area (Å²) < 4.78 is 43.8. The molecule has 3 aromatic heterocycles. The van der Waals surface area contributed by atoms with Crippen LogP contribution >= 0.6 is 11.6 Å². The van der Waals surface area contributed by atoms with Crippen molar-refractivity contribution in [3.63, 3.8) is 0 Å². The molecular weight excluding hydrogens is 447 g/mol. The van der Waals surface area contributed by atoms with E-state index in [0.717, 1.165) is 12.1 Å². The maximum atomic E-state index is 12.9. The summed E-state index contributed by atoms with van der Waals surface area (Å²) in [6.07, 6.45) is -2.17. The normalized spacial score (nSPS) is 11.5. The zero-order chi connectivity index (χ0) is 22.9. The van der Waals surface area contributed by atoms with E-state index in [2.05, 4.69) is 25.3 Å². The molecule has 1 amide bonds. The molecule has 7 nitrogen and oxygen atoms in total. The third kappa shape index (κ3) is 4.50. The van der Waals surface area contributed by atoms with E-state index in [1.54, 1.807) is 19.1 Å². The molecule has 164 valence electrons. The largest absolute Gasteiger partial charge is 0.416 e. The van der Waals surface area contributed by atoms with Gasteiger partial charge >= 0.3 is 12.3 Å². The predicted molar refractivity (Wildman–Crippen MR) is 112 cm³/mol. The lowest BCUT2D eigenvalue weighted by molar-refractivity contribution is -0.137. The van der Waals surface area contributed by atoms with Gasteiger partial charge in [-0.25, -0.2) is 9.78 Å². The highest BCUT2D eigenvalue weighted by Gasteiger charge is 2.30. The van der Waals surface area contributed by atoms with Crippen molar-refractivity contribution in [3.8, 4) is 28.5 Å². The van der Waals surface area contributed by atoms with Crippen LogP contribution in [0.3, 0.4) is 0 Å². The fourth-order valence-corrected chi connectivity index (χ4v) is 3.22. The van der Waals surface area contributed by atoms with Gasteiger partial charge < -0.3 is 15.0 Å². The maximum absolute atomic E-state index is 12.9. The van der Waals surface area contributed by atoms with Crippen LogP contribution in [0, 0.1) is 0 Å². The molecule has 0 radical (unpaired) electrons. The van der Waals surface area contributed by atoms with Crippen LogP contribution in [-0.4, -0.2) is 32.6 Å². The number of alkyl halides is 3. The summed E-state index contributed by atoms with van der Waals surface area (Å²) in [5.74, 6) is 0.519. The highest BCUT2D eigenvalue weighted by atomic mass is 35.5. The lowest BCUT2D eigenvalue weighted by Crippen LogP contribution is -2.26. The number of H-pyrrole nitrogens is 1. The minimum atomic E-state index is -4.44. The second-order valence-electron chi connectivity index (χ2n) is 6.67. The first-order chi connectivity index (χ1) is 15.2. The van der Waals surface area contributed by atoms with Gasteiger partial charge in [-0.3, -0.25) is 9.97 Å². The quantitative estimate of drug-likeness (QED) is 0.420. The standard InChI is InChI=1S/C21H15ClF3N5O2/c1-2-26-20(31)32-13-8-14(22)18(28-10-13)11-3-5-16(27-9-11)19-29-15-6-4-12(21(23,24)25)7-17(15)30-19/h3-10H,2H2,1H3,(H,26,31)(H,29,30). The number of benzene rings is 1. The Hall–Kier alpha value is -3.66. The van der Waals surface area contributed by atoms with Gasteiger partial charge in [-0.1, -0.05) is 11.6 Å². The molecule has 32 heavy (non-hydrogen) atoms. The second-order valence-corrected chi connectivity index (χ2v) is 7.08. The molecule has 0 unspecified atom stereocenters. The third-order valence-electron chi connectivity index (χ3n) is 4.44. The number of rotatable bonds is 4. The predicted octanol–water partition coefficient (Wildman–Crippen LogP) is 5.47. The molecular formula is C21H15ClF3N5O2. The van der Waals surface area contributed by atoms with Crippen molar-refractivity contribution in [3.05, 3.63) is 59.4 Å². The summed E-state index contributed by atoms with van der Waals surface area (Å²) in [5.41, 5.74) is 1.35. The minimum Gasteiger partial charge on any atom is -0.409 e. The second kappa shape index (κ2) is 8.46. The Labute approximate surface area is 184 Å². The number of fused-ring (bicyclic) bond motifs is 1.